The average molecular weight is 556 g/mol. The van der Waals surface area contributed by atoms with Crippen molar-refractivity contribution in [2.45, 2.75) is 44.7 Å². The lowest BCUT2D eigenvalue weighted by molar-refractivity contribution is -0.135. The number of amides is 1. The molecule has 0 N–H and O–H groups in total. The zero-order valence-corrected chi connectivity index (χ0v) is 23.1. The number of aromatic nitrogens is 5. The molecule has 4 aromatic heterocycles. The number of ether oxygens (including phenoxy) is 1. The molecule has 4 aromatic rings. The van der Waals surface area contributed by atoms with Gasteiger partial charge < -0.3 is 9.64 Å². The van der Waals surface area contributed by atoms with E-state index in [4.69, 9.17) is 21.3 Å². The van der Waals surface area contributed by atoms with Gasteiger partial charge in [-0.15, -0.1) is 0 Å². The highest BCUT2D eigenvalue weighted by Crippen LogP contribution is 2.49. The minimum absolute atomic E-state index is 0.0908. The number of pyridine rings is 2. The summed E-state index contributed by atoms with van der Waals surface area (Å²) in [6.07, 6.45) is 4.15. The SMILES string of the molecule is Cc1cnc([C@H]2c3c(nc4sc(C)nn34)CCN2C(=O)COc2ccc(C3(N(C)C)CC3)nc2Cl)c(F)c1. The van der Waals surface area contributed by atoms with Gasteiger partial charge in [-0.05, 0) is 64.5 Å². The molecule has 1 saturated carbocycles. The summed E-state index contributed by atoms with van der Waals surface area (Å²) in [6, 6.07) is 4.28. The summed E-state index contributed by atoms with van der Waals surface area (Å²) in [5.41, 5.74) is 3.09. The van der Waals surface area contributed by atoms with Crippen molar-refractivity contribution in [2.24, 2.45) is 0 Å². The minimum Gasteiger partial charge on any atom is -0.481 e. The molecule has 1 fully saturated rings. The predicted molar refractivity (Wildman–Crippen MR) is 141 cm³/mol. The Kier molecular flexibility index (Phi) is 6.12. The van der Waals surface area contributed by atoms with Crippen LogP contribution in [-0.2, 0) is 16.8 Å². The van der Waals surface area contributed by atoms with Gasteiger partial charge in [0.05, 0.1) is 22.6 Å². The molecule has 1 atom stereocenters. The van der Waals surface area contributed by atoms with Crippen LogP contribution in [0.1, 0.15) is 52.2 Å². The number of fused-ring (bicyclic) bond motifs is 3. The number of hydrogen-bond donors (Lipinski definition) is 0. The normalized spacial score (nSPS) is 18.2. The van der Waals surface area contributed by atoms with Crippen LogP contribution in [0.5, 0.6) is 5.75 Å². The molecule has 0 saturated heterocycles. The Morgan fingerprint density at radius 2 is 2.08 bits per heavy atom. The van der Waals surface area contributed by atoms with Gasteiger partial charge in [-0.3, -0.25) is 14.7 Å². The topological polar surface area (TPSA) is 88.8 Å². The quantitative estimate of drug-likeness (QED) is 0.331. The number of imidazole rings is 1. The second-order valence-corrected chi connectivity index (χ2v) is 11.6. The first-order valence-electron chi connectivity index (χ1n) is 12.4. The van der Waals surface area contributed by atoms with Crippen molar-refractivity contribution >= 4 is 33.8 Å². The zero-order valence-electron chi connectivity index (χ0n) is 21.5. The highest BCUT2D eigenvalue weighted by Gasteiger charge is 2.48. The lowest BCUT2D eigenvalue weighted by Crippen LogP contribution is -2.44. The Balaban J connectivity index is 1.30. The Morgan fingerprint density at radius 1 is 1.29 bits per heavy atom. The molecule has 12 heteroatoms. The van der Waals surface area contributed by atoms with Gasteiger partial charge in [-0.25, -0.2) is 18.9 Å². The standard InChI is InChI=1S/C26H27ClFN7O2S/c1-14-11-16(28)21(29-12-14)23-22-17(30-25-35(22)32-15(2)38-25)7-10-34(23)20(36)13-37-18-5-6-19(31-24(18)27)26(8-9-26)33(3)4/h5-6,11-12,23H,7-10,13H2,1-4H3/t23-/m0/s1. The van der Waals surface area contributed by atoms with Gasteiger partial charge in [-0.2, -0.15) is 5.10 Å². The molecule has 9 nitrogen and oxygen atoms in total. The molecule has 2 aliphatic rings. The highest BCUT2D eigenvalue weighted by atomic mass is 35.5. The lowest BCUT2D eigenvalue weighted by atomic mass is 9.98. The molecule has 6 rings (SSSR count). The Hall–Kier alpha value is -3.15. The molecule has 0 aromatic carbocycles. The first-order valence-corrected chi connectivity index (χ1v) is 13.6. The summed E-state index contributed by atoms with van der Waals surface area (Å²) in [6.45, 7) is 3.72. The van der Waals surface area contributed by atoms with Crippen LogP contribution in [0.2, 0.25) is 5.15 Å². The smallest absolute Gasteiger partial charge is 0.261 e. The largest absolute Gasteiger partial charge is 0.481 e. The minimum atomic E-state index is -0.794. The molecule has 0 unspecified atom stereocenters. The van der Waals surface area contributed by atoms with E-state index in [9.17, 15) is 4.79 Å². The van der Waals surface area contributed by atoms with Crippen molar-refractivity contribution in [2.75, 3.05) is 27.2 Å². The van der Waals surface area contributed by atoms with Gasteiger partial charge in [0.25, 0.3) is 5.91 Å². The van der Waals surface area contributed by atoms with Crippen LogP contribution in [0.4, 0.5) is 4.39 Å². The fourth-order valence-electron chi connectivity index (χ4n) is 5.21. The summed E-state index contributed by atoms with van der Waals surface area (Å²) in [4.78, 5) is 31.7. The molecule has 38 heavy (non-hydrogen) atoms. The van der Waals surface area contributed by atoms with Crippen LogP contribution < -0.4 is 4.74 Å². The van der Waals surface area contributed by atoms with Crippen LogP contribution in [0.15, 0.2) is 24.4 Å². The van der Waals surface area contributed by atoms with Crippen LogP contribution in [0.3, 0.4) is 0 Å². The van der Waals surface area contributed by atoms with Gasteiger partial charge in [0.2, 0.25) is 4.96 Å². The molecule has 5 heterocycles. The number of halogens is 2. The van der Waals surface area contributed by atoms with E-state index >= 15 is 4.39 Å². The fourth-order valence-corrected chi connectivity index (χ4v) is 6.19. The van der Waals surface area contributed by atoms with E-state index in [2.05, 4.69) is 20.0 Å². The molecule has 1 aliphatic carbocycles. The first-order chi connectivity index (χ1) is 18.2. The summed E-state index contributed by atoms with van der Waals surface area (Å²) in [5.74, 6) is -0.480. The van der Waals surface area contributed by atoms with Crippen molar-refractivity contribution in [3.05, 3.63) is 68.7 Å². The van der Waals surface area contributed by atoms with Crippen LogP contribution in [-0.4, -0.2) is 67.5 Å². The third kappa shape index (κ3) is 4.13. The Bertz CT molecular complexity index is 1560. The van der Waals surface area contributed by atoms with Gasteiger partial charge in [0.15, 0.2) is 17.5 Å². The fraction of sp³-hybridized carbons (Fsp3) is 0.423. The third-order valence-corrected chi connectivity index (χ3v) is 8.48. The summed E-state index contributed by atoms with van der Waals surface area (Å²) in [7, 11) is 4.05. The van der Waals surface area contributed by atoms with Crippen molar-refractivity contribution in [3.8, 4) is 5.75 Å². The van der Waals surface area contributed by atoms with Gasteiger partial charge >= 0.3 is 0 Å². The van der Waals surface area contributed by atoms with Crippen molar-refractivity contribution in [1.29, 1.82) is 0 Å². The summed E-state index contributed by atoms with van der Waals surface area (Å²) >= 11 is 7.91. The van der Waals surface area contributed by atoms with E-state index in [0.717, 1.165) is 29.2 Å². The van der Waals surface area contributed by atoms with E-state index in [0.29, 0.717) is 34.9 Å². The van der Waals surface area contributed by atoms with Gasteiger partial charge in [-0.1, -0.05) is 22.9 Å². The maximum atomic E-state index is 15.3. The van der Waals surface area contributed by atoms with Gasteiger partial charge in [0.1, 0.15) is 22.6 Å². The van der Waals surface area contributed by atoms with E-state index in [1.54, 1.807) is 28.6 Å². The van der Waals surface area contributed by atoms with Crippen LogP contribution in [0.25, 0.3) is 4.96 Å². The molecule has 198 valence electrons. The zero-order chi connectivity index (χ0) is 26.8. The second kappa shape index (κ2) is 9.25. The molecule has 1 amide bonds. The van der Waals surface area contributed by atoms with Crippen molar-refractivity contribution in [1.82, 2.24) is 34.4 Å². The predicted octanol–water partition coefficient (Wildman–Crippen LogP) is 4.09. The summed E-state index contributed by atoms with van der Waals surface area (Å²) in [5, 5.41) is 5.61. The van der Waals surface area contributed by atoms with Crippen molar-refractivity contribution < 1.29 is 13.9 Å². The number of nitrogens with zero attached hydrogens (tertiary/aromatic N) is 7. The third-order valence-electron chi connectivity index (χ3n) is 7.38. The van der Waals surface area contributed by atoms with Crippen LogP contribution in [0, 0.1) is 19.7 Å². The number of hydrogen-bond acceptors (Lipinski definition) is 8. The number of aryl methyl sites for hydroxylation is 2. The molecular weight excluding hydrogens is 529 g/mol. The number of rotatable bonds is 6. The summed E-state index contributed by atoms with van der Waals surface area (Å²) < 4.78 is 22.8. The lowest BCUT2D eigenvalue weighted by Gasteiger charge is -2.35. The van der Waals surface area contributed by atoms with E-state index in [1.165, 1.54) is 17.4 Å². The van der Waals surface area contributed by atoms with E-state index < -0.39 is 11.9 Å². The number of carbonyl (C=O) groups excluding carboxylic acids is 1. The Morgan fingerprint density at radius 3 is 2.76 bits per heavy atom. The molecular formula is C26H27ClFN7O2S. The first kappa shape index (κ1) is 25.1. The monoisotopic (exact) mass is 555 g/mol. The van der Waals surface area contributed by atoms with Gasteiger partial charge in [0, 0.05) is 19.2 Å². The highest BCUT2D eigenvalue weighted by molar-refractivity contribution is 7.16. The molecule has 0 bridgehead atoms. The molecule has 0 spiro atoms. The maximum absolute atomic E-state index is 15.3. The van der Waals surface area contributed by atoms with Crippen LogP contribution >= 0.6 is 22.9 Å². The second-order valence-electron chi connectivity index (χ2n) is 10.1. The van der Waals surface area contributed by atoms with Crippen molar-refractivity contribution in [3.63, 3.8) is 0 Å². The van der Waals surface area contributed by atoms with E-state index in [1.807, 2.05) is 27.1 Å². The van der Waals surface area contributed by atoms with E-state index in [-0.39, 0.29) is 28.9 Å². The number of carbonyl (C=O) groups is 1. The average Bonchev–Trinajstić information content (AvgIpc) is 3.52. The maximum Gasteiger partial charge on any atom is 0.261 e. The Labute approximate surface area is 228 Å². The molecule has 1 aliphatic heterocycles. The molecule has 0 radical (unpaired) electrons.